The Morgan fingerprint density at radius 2 is 2.21 bits per heavy atom. The minimum absolute atomic E-state index is 0.178. The maximum atomic E-state index is 12.8. The predicted molar refractivity (Wildman–Crippen MR) is 91.0 cm³/mol. The van der Waals surface area contributed by atoms with Crippen LogP contribution in [0.5, 0.6) is 5.88 Å². The zero-order chi connectivity index (χ0) is 17.3. The number of rotatable bonds is 3. The molecule has 24 heavy (non-hydrogen) atoms. The fourth-order valence-corrected chi connectivity index (χ4v) is 2.93. The van der Waals surface area contributed by atoms with E-state index < -0.39 is 0 Å². The van der Waals surface area contributed by atoms with Gasteiger partial charge in [0.25, 0.3) is 5.91 Å². The first-order valence-corrected chi connectivity index (χ1v) is 8.29. The molecule has 1 N–H and O–H groups in total. The lowest BCUT2D eigenvalue weighted by Gasteiger charge is -2.32. The van der Waals surface area contributed by atoms with Crippen molar-refractivity contribution in [2.45, 2.75) is 46.7 Å². The fourth-order valence-electron chi connectivity index (χ4n) is 2.93. The second kappa shape index (κ2) is 6.26. The lowest BCUT2D eigenvalue weighted by atomic mass is 9.83. The first kappa shape index (κ1) is 16.5. The lowest BCUT2D eigenvalue weighted by molar-refractivity contribution is 0.0893. The molecule has 1 aliphatic heterocycles. The molecule has 128 valence electrons. The van der Waals surface area contributed by atoms with E-state index in [1.54, 1.807) is 17.1 Å². The van der Waals surface area contributed by atoms with Crippen molar-refractivity contribution in [2.75, 3.05) is 6.61 Å². The van der Waals surface area contributed by atoms with Gasteiger partial charge in [0.15, 0.2) is 0 Å². The summed E-state index contributed by atoms with van der Waals surface area (Å²) in [6.45, 7) is 9.69. The number of nitrogens with one attached hydrogen (secondary N) is 1. The largest absolute Gasteiger partial charge is 0.477 e. The topological polar surface area (TPSA) is 69.0 Å². The van der Waals surface area contributed by atoms with Crippen molar-refractivity contribution < 1.29 is 9.53 Å². The minimum atomic E-state index is -0.203. The Labute approximate surface area is 142 Å². The molecule has 1 aliphatic rings. The van der Waals surface area contributed by atoms with Crippen molar-refractivity contribution in [3.8, 4) is 5.88 Å². The summed E-state index contributed by atoms with van der Waals surface area (Å²) in [6.07, 6.45) is 4.26. The van der Waals surface area contributed by atoms with Gasteiger partial charge < -0.3 is 10.1 Å². The number of amides is 1. The Balaban J connectivity index is 1.90. The van der Waals surface area contributed by atoms with Crippen LogP contribution in [0, 0.1) is 12.3 Å². The first-order chi connectivity index (χ1) is 11.4. The molecule has 0 bridgehead atoms. The molecule has 1 atom stereocenters. The molecule has 1 amide bonds. The monoisotopic (exact) mass is 328 g/mol. The number of hydrogen-bond donors (Lipinski definition) is 1. The Hall–Kier alpha value is -2.37. The SMILES string of the molecule is Cc1cccnc1C(NC(=O)c1cnn2c1OCCC2)C(C)(C)C. The van der Waals surface area contributed by atoms with E-state index in [1.165, 1.54) is 0 Å². The van der Waals surface area contributed by atoms with Crippen LogP contribution in [0.3, 0.4) is 0 Å². The number of ether oxygens (including phenoxy) is 1. The summed E-state index contributed by atoms with van der Waals surface area (Å²) in [7, 11) is 0. The molecule has 0 fully saturated rings. The van der Waals surface area contributed by atoms with Crippen molar-refractivity contribution >= 4 is 5.91 Å². The van der Waals surface area contributed by atoms with Crippen LogP contribution in [0.25, 0.3) is 0 Å². The molecule has 0 saturated heterocycles. The second-order valence-corrected chi connectivity index (χ2v) is 7.27. The lowest BCUT2D eigenvalue weighted by Crippen LogP contribution is -2.37. The van der Waals surface area contributed by atoms with E-state index in [-0.39, 0.29) is 17.4 Å². The van der Waals surface area contributed by atoms with Gasteiger partial charge in [-0.2, -0.15) is 5.10 Å². The maximum absolute atomic E-state index is 12.8. The molecule has 0 spiro atoms. The summed E-state index contributed by atoms with van der Waals surface area (Å²) in [6, 6.07) is 3.71. The van der Waals surface area contributed by atoms with Crippen molar-refractivity contribution in [2.24, 2.45) is 5.41 Å². The van der Waals surface area contributed by atoms with E-state index in [2.05, 4.69) is 36.2 Å². The highest BCUT2D eigenvalue weighted by molar-refractivity contribution is 5.96. The standard InChI is InChI=1S/C18H24N4O2/c1-12-7-5-8-19-14(12)15(18(2,3)4)21-16(23)13-11-20-22-9-6-10-24-17(13)22/h5,7-8,11,15H,6,9-10H2,1-4H3,(H,21,23). The number of carbonyl (C=O) groups is 1. The summed E-state index contributed by atoms with van der Waals surface area (Å²) in [5.74, 6) is 0.382. The average molecular weight is 328 g/mol. The van der Waals surface area contributed by atoms with E-state index in [9.17, 15) is 4.79 Å². The van der Waals surface area contributed by atoms with E-state index in [0.29, 0.717) is 18.1 Å². The van der Waals surface area contributed by atoms with Gasteiger partial charge in [0, 0.05) is 19.2 Å². The third-order valence-electron chi connectivity index (χ3n) is 4.25. The minimum Gasteiger partial charge on any atom is -0.477 e. The van der Waals surface area contributed by atoms with Crippen LogP contribution in [-0.4, -0.2) is 27.3 Å². The Kier molecular flexibility index (Phi) is 4.30. The van der Waals surface area contributed by atoms with Gasteiger partial charge in [-0.1, -0.05) is 26.8 Å². The molecule has 0 saturated carbocycles. The average Bonchev–Trinajstić information content (AvgIpc) is 2.96. The molecule has 0 aromatic carbocycles. The number of nitrogens with zero attached hydrogens (tertiary/aromatic N) is 3. The molecule has 1 unspecified atom stereocenters. The van der Waals surface area contributed by atoms with Crippen molar-refractivity contribution in [1.82, 2.24) is 20.1 Å². The highest BCUT2D eigenvalue weighted by Gasteiger charge is 2.32. The summed E-state index contributed by atoms with van der Waals surface area (Å²) in [4.78, 5) is 17.3. The number of carbonyl (C=O) groups excluding carboxylic acids is 1. The molecule has 2 aromatic rings. The summed E-state index contributed by atoms with van der Waals surface area (Å²) >= 11 is 0. The molecule has 3 rings (SSSR count). The van der Waals surface area contributed by atoms with E-state index in [1.807, 2.05) is 19.1 Å². The highest BCUT2D eigenvalue weighted by Crippen LogP contribution is 2.34. The van der Waals surface area contributed by atoms with Gasteiger partial charge in [0.2, 0.25) is 5.88 Å². The van der Waals surface area contributed by atoms with Gasteiger partial charge in [0.1, 0.15) is 5.56 Å². The smallest absolute Gasteiger partial charge is 0.258 e. The Bertz CT molecular complexity index is 746. The van der Waals surface area contributed by atoms with E-state index in [4.69, 9.17) is 4.74 Å². The molecular weight excluding hydrogens is 304 g/mol. The van der Waals surface area contributed by atoms with Gasteiger partial charge >= 0.3 is 0 Å². The number of hydrogen-bond acceptors (Lipinski definition) is 4. The number of aromatic nitrogens is 3. The van der Waals surface area contributed by atoms with Crippen LogP contribution in [0.4, 0.5) is 0 Å². The second-order valence-electron chi connectivity index (χ2n) is 7.27. The van der Waals surface area contributed by atoms with Crippen LogP contribution in [0.1, 0.15) is 54.8 Å². The molecule has 2 aromatic heterocycles. The van der Waals surface area contributed by atoms with Crippen molar-refractivity contribution in [3.05, 3.63) is 41.3 Å². The third-order valence-corrected chi connectivity index (χ3v) is 4.25. The molecular formula is C18H24N4O2. The van der Waals surface area contributed by atoms with Crippen LogP contribution in [-0.2, 0) is 6.54 Å². The van der Waals surface area contributed by atoms with Gasteiger partial charge in [-0.05, 0) is 24.0 Å². The van der Waals surface area contributed by atoms with Crippen LogP contribution in [0.2, 0.25) is 0 Å². The number of pyridine rings is 1. The third kappa shape index (κ3) is 3.13. The predicted octanol–water partition coefficient (Wildman–Crippen LogP) is 2.89. The van der Waals surface area contributed by atoms with Crippen LogP contribution < -0.4 is 10.1 Å². The number of fused-ring (bicyclic) bond motifs is 1. The first-order valence-electron chi connectivity index (χ1n) is 8.29. The molecule has 6 heteroatoms. The summed E-state index contributed by atoms with van der Waals surface area (Å²) in [5.41, 5.74) is 2.26. The fraction of sp³-hybridized carbons (Fsp3) is 0.500. The van der Waals surface area contributed by atoms with Gasteiger partial charge in [-0.3, -0.25) is 9.78 Å². The van der Waals surface area contributed by atoms with Gasteiger partial charge in [0.05, 0.1) is 24.5 Å². The molecule has 3 heterocycles. The quantitative estimate of drug-likeness (QED) is 0.940. The van der Waals surface area contributed by atoms with E-state index >= 15 is 0 Å². The Morgan fingerprint density at radius 3 is 2.92 bits per heavy atom. The Morgan fingerprint density at radius 1 is 1.42 bits per heavy atom. The number of aryl methyl sites for hydroxylation is 2. The summed E-state index contributed by atoms with van der Waals surface area (Å²) < 4.78 is 7.38. The summed E-state index contributed by atoms with van der Waals surface area (Å²) in [5, 5.41) is 7.38. The van der Waals surface area contributed by atoms with Crippen molar-refractivity contribution in [1.29, 1.82) is 0 Å². The van der Waals surface area contributed by atoms with E-state index in [0.717, 1.165) is 24.2 Å². The molecule has 0 radical (unpaired) electrons. The zero-order valence-electron chi connectivity index (χ0n) is 14.7. The van der Waals surface area contributed by atoms with Gasteiger partial charge in [-0.25, -0.2) is 4.68 Å². The van der Waals surface area contributed by atoms with Crippen molar-refractivity contribution in [3.63, 3.8) is 0 Å². The van der Waals surface area contributed by atoms with Gasteiger partial charge in [-0.15, -0.1) is 0 Å². The molecule has 0 aliphatic carbocycles. The maximum Gasteiger partial charge on any atom is 0.258 e. The zero-order valence-corrected chi connectivity index (χ0v) is 14.7. The van der Waals surface area contributed by atoms with Crippen LogP contribution in [0.15, 0.2) is 24.5 Å². The van der Waals surface area contributed by atoms with Crippen LogP contribution >= 0.6 is 0 Å². The molecule has 6 nitrogen and oxygen atoms in total. The normalized spacial score (nSPS) is 15.3. The highest BCUT2D eigenvalue weighted by atomic mass is 16.5.